The van der Waals surface area contributed by atoms with E-state index in [4.69, 9.17) is 0 Å². The maximum atomic E-state index is 12.6. The maximum Gasteiger partial charge on any atom is 0.416 e. The highest BCUT2D eigenvalue weighted by Crippen LogP contribution is 2.31. The lowest BCUT2D eigenvalue weighted by Gasteiger charge is -2.21. The van der Waals surface area contributed by atoms with Crippen molar-refractivity contribution in [3.8, 4) is 0 Å². The summed E-state index contributed by atoms with van der Waals surface area (Å²) in [5, 5.41) is 16.6. The molecule has 32 heavy (non-hydrogen) atoms. The number of aryl methyl sites for hydroxylation is 1. The summed E-state index contributed by atoms with van der Waals surface area (Å²) < 4.78 is 37.8. The minimum Gasteiger partial charge on any atom is -0.372 e. The molecule has 0 amide bonds. The Kier molecular flexibility index (Phi) is 7.35. The second-order valence-electron chi connectivity index (χ2n) is 7.10. The molecule has 0 atom stereocenters. The van der Waals surface area contributed by atoms with Gasteiger partial charge in [-0.15, -0.1) is 0 Å². The Morgan fingerprint density at radius 2 is 1.16 bits per heavy atom. The highest BCUT2D eigenvalue weighted by molar-refractivity contribution is 5.58. The summed E-state index contributed by atoms with van der Waals surface area (Å²) in [7, 11) is 0. The standard InChI is InChI=1S/C24H24F3N5/c1-4-32(5-2)22-14-15-23(17(3)16-22)31-30-21-12-10-20(11-13-21)29-28-19-8-6-18(7-9-19)24(25,26)27/h6-16H,4-5H2,1-3H3. The molecule has 5 nitrogen and oxygen atoms in total. The molecule has 0 saturated heterocycles. The van der Waals surface area contributed by atoms with Crippen molar-refractivity contribution in [2.75, 3.05) is 18.0 Å². The Morgan fingerprint density at radius 3 is 1.59 bits per heavy atom. The van der Waals surface area contributed by atoms with Crippen molar-refractivity contribution < 1.29 is 13.2 Å². The van der Waals surface area contributed by atoms with Crippen molar-refractivity contribution >= 4 is 28.4 Å². The van der Waals surface area contributed by atoms with Gasteiger partial charge in [0.2, 0.25) is 0 Å². The Bertz CT molecular complexity index is 1080. The van der Waals surface area contributed by atoms with E-state index in [1.54, 1.807) is 24.3 Å². The van der Waals surface area contributed by atoms with E-state index in [1.807, 2.05) is 19.1 Å². The Labute approximate surface area is 185 Å². The van der Waals surface area contributed by atoms with E-state index in [2.05, 4.69) is 45.3 Å². The normalized spacial score (nSPS) is 12.1. The van der Waals surface area contributed by atoms with Gasteiger partial charge in [0.25, 0.3) is 0 Å². The minimum atomic E-state index is -4.37. The molecule has 0 aromatic heterocycles. The molecule has 0 aliphatic heterocycles. The minimum absolute atomic E-state index is 0.338. The number of alkyl halides is 3. The number of halogens is 3. The van der Waals surface area contributed by atoms with Gasteiger partial charge in [-0.25, -0.2) is 0 Å². The van der Waals surface area contributed by atoms with Gasteiger partial charge in [-0.05, 0) is 93.1 Å². The molecule has 0 heterocycles. The molecule has 0 unspecified atom stereocenters. The van der Waals surface area contributed by atoms with Gasteiger partial charge in [-0.2, -0.15) is 33.6 Å². The molecule has 0 saturated carbocycles. The third-order valence-corrected chi connectivity index (χ3v) is 4.91. The van der Waals surface area contributed by atoms with Gasteiger partial charge in [0.1, 0.15) is 0 Å². The van der Waals surface area contributed by atoms with E-state index in [-0.39, 0.29) is 0 Å². The topological polar surface area (TPSA) is 52.7 Å². The smallest absolute Gasteiger partial charge is 0.372 e. The number of benzene rings is 3. The summed E-state index contributed by atoms with van der Waals surface area (Å²) in [6.45, 7) is 8.14. The predicted molar refractivity (Wildman–Crippen MR) is 121 cm³/mol. The lowest BCUT2D eigenvalue weighted by atomic mass is 10.1. The van der Waals surface area contributed by atoms with Gasteiger partial charge in [0.05, 0.1) is 28.3 Å². The highest BCUT2D eigenvalue weighted by atomic mass is 19.4. The molecule has 0 aliphatic carbocycles. The van der Waals surface area contributed by atoms with Crippen LogP contribution >= 0.6 is 0 Å². The number of hydrogen-bond acceptors (Lipinski definition) is 5. The van der Waals surface area contributed by atoms with Crippen molar-refractivity contribution in [2.45, 2.75) is 26.9 Å². The molecule has 3 aromatic carbocycles. The second-order valence-corrected chi connectivity index (χ2v) is 7.10. The first-order chi connectivity index (χ1) is 15.3. The van der Waals surface area contributed by atoms with Crippen LogP contribution in [0.3, 0.4) is 0 Å². The van der Waals surface area contributed by atoms with Crippen molar-refractivity contribution in [1.82, 2.24) is 0 Å². The Morgan fingerprint density at radius 1 is 0.688 bits per heavy atom. The summed E-state index contributed by atoms with van der Waals surface area (Å²) >= 11 is 0. The van der Waals surface area contributed by atoms with Gasteiger partial charge in [-0.3, -0.25) is 0 Å². The fraction of sp³-hybridized carbons (Fsp3) is 0.250. The van der Waals surface area contributed by atoms with Crippen LogP contribution < -0.4 is 4.90 Å². The fourth-order valence-corrected chi connectivity index (χ4v) is 3.07. The van der Waals surface area contributed by atoms with E-state index in [0.717, 1.165) is 42.2 Å². The maximum absolute atomic E-state index is 12.6. The molecule has 0 aliphatic rings. The van der Waals surface area contributed by atoms with Crippen LogP contribution in [-0.2, 0) is 6.18 Å². The van der Waals surface area contributed by atoms with E-state index in [9.17, 15) is 13.2 Å². The molecular formula is C24H24F3N5. The van der Waals surface area contributed by atoms with Crippen molar-refractivity contribution in [3.05, 3.63) is 77.9 Å². The van der Waals surface area contributed by atoms with Crippen LogP contribution in [0.4, 0.5) is 41.6 Å². The lowest BCUT2D eigenvalue weighted by molar-refractivity contribution is -0.137. The van der Waals surface area contributed by atoms with Crippen LogP contribution in [0.15, 0.2) is 87.2 Å². The van der Waals surface area contributed by atoms with Crippen molar-refractivity contribution in [1.29, 1.82) is 0 Å². The second kappa shape index (κ2) is 10.2. The predicted octanol–water partition coefficient (Wildman–Crippen LogP) is 8.69. The zero-order chi connectivity index (χ0) is 23.1. The molecule has 0 bridgehead atoms. The van der Waals surface area contributed by atoms with Crippen molar-refractivity contribution in [2.24, 2.45) is 20.5 Å². The molecule has 0 N–H and O–H groups in total. The van der Waals surface area contributed by atoms with Gasteiger partial charge >= 0.3 is 6.18 Å². The molecular weight excluding hydrogens is 415 g/mol. The van der Waals surface area contributed by atoms with Crippen LogP contribution in [0.25, 0.3) is 0 Å². The van der Waals surface area contributed by atoms with Gasteiger partial charge < -0.3 is 4.90 Å². The first-order valence-electron chi connectivity index (χ1n) is 10.3. The van der Waals surface area contributed by atoms with Crippen LogP contribution in [0.2, 0.25) is 0 Å². The molecule has 166 valence electrons. The summed E-state index contributed by atoms with van der Waals surface area (Å²) in [6.07, 6.45) is -4.37. The number of rotatable bonds is 7. The van der Waals surface area contributed by atoms with E-state index in [1.165, 1.54) is 12.1 Å². The fourth-order valence-electron chi connectivity index (χ4n) is 3.07. The lowest BCUT2D eigenvalue weighted by Crippen LogP contribution is -2.21. The Balaban J connectivity index is 1.66. The summed E-state index contributed by atoms with van der Waals surface area (Å²) in [4.78, 5) is 2.27. The highest BCUT2D eigenvalue weighted by Gasteiger charge is 2.29. The summed E-state index contributed by atoms with van der Waals surface area (Å²) in [5.74, 6) is 0. The average Bonchev–Trinajstić information content (AvgIpc) is 2.78. The van der Waals surface area contributed by atoms with Gasteiger partial charge in [-0.1, -0.05) is 0 Å². The number of anilines is 1. The van der Waals surface area contributed by atoms with Crippen LogP contribution in [0.1, 0.15) is 25.0 Å². The third-order valence-electron chi connectivity index (χ3n) is 4.91. The molecule has 3 rings (SSSR count). The first kappa shape index (κ1) is 23.1. The molecule has 3 aromatic rings. The third kappa shape index (κ3) is 6.00. The quantitative estimate of drug-likeness (QED) is 0.340. The van der Waals surface area contributed by atoms with E-state index < -0.39 is 11.7 Å². The van der Waals surface area contributed by atoms with Crippen LogP contribution in [-0.4, -0.2) is 13.1 Å². The van der Waals surface area contributed by atoms with Crippen LogP contribution in [0, 0.1) is 6.92 Å². The molecule has 8 heteroatoms. The molecule has 0 spiro atoms. The largest absolute Gasteiger partial charge is 0.416 e. The monoisotopic (exact) mass is 439 g/mol. The van der Waals surface area contributed by atoms with Gasteiger partial charge in [0, 0.05) is 18.8 Å². The number of nitrogens with zero attached hydrogens (tertiary/aromatic N) is 5. The van der Waals surface area contributed by atoms with E-state index >= 15 is 0 Å². The van der Waals surface area contributed by atoms with Crippen molar-refractivity contribution in [3.63, 3.8) is 0 Å². The number of azo groups is 2. The SMILES string of the molecule is CCN(CC)c1ccc(N=Nc2ccc(N=Nc3ccc(C(F)(F)F)cc3)cc2)c(C)c1. The first-order valence-corrected chi connectivity index (χ1v) is 10.3. The Hall–Kier alpha value is -3.55. The van der Waals surface area contributed by atoms with E-state index in [0.29, 0.717) is 17.1 Å². The zero-order valence-corrected chi connectivity index (χ0v) is 18.1. The summed E-state index contributed by atoms with van der Waals surface area (Å²) in [6, 6.07) is 17.6. The average molecular weight is 439 g/mol. The summed E-state index contributed by atoms with van der Waals surface area (Å²) in [5.41, 5.74) is 3.84. The van der Waals surface area contributed by atoms with Gasteiger partial charge in [0.15, 0.2) is 0 Å². The van der Waals surface area contributed by atoms with Crippen LogP contribution in [0.5, 0.6) is 0 Å². The number of hydrogen-bond donors (Lipinski definition) is 0. The molecule has 0 fully saturated rings. The zero-order valence-electron chi connectivity index (χ0n) is 18.1. The molecule has 0 radical (unpaired) electrons.